The summed E-state index contributed by atoms with van der Waals surface area (Å²) in [6.45, 7) is 5.58. The van der Waals surface area contributed by atoms with Crippen LogP contribution in [0.15, 0.2) is 18.3 Å². The molecule has 3 nitrogen and oxygen atoms in total. The molecule has 0 aromatic carbocycles. The summed E-state index contributed by atoms with van der Waals surface area (Å²) in [5, 5.41) is 0. The third-order valence-electron chi connectivity index (χ3n) is 4.18. The van der Waals surface area contributed by atoms with E-state index in [1.165, 1.54) is 31.2 Å². The fourth-order valence-corrected chi connectivity index (χ4v) is 2.77. The molecule has 0 radical (unpaired) electrons. The lowest BCUT2D eigenvalue weighted by Gasteiger charge is -2.28. The van der Waals surface area contributed by atoms with Crippen molar-refractivity contribution >= 4 is 5.82 Å². The molecule has 1 aromatic heterocycles. The van der Waals surface area contributed by atoms with Gasteiger partial charge in [0, 0.05) is 24.8 Å². The molecule has 3 heteroatoms. The first-order valence-corrected chi connectivity index (χ1v) is 7.68. The minimum atomic E-state index is 0.254. The molecule has 0 spiro atoms. The summed E-state index contributed by atoms with van der Waals surface area (Å²) >= 11 is 0. The summed E-state index contributed by atoms with van der Waals surface area (Å²) in [7, 11) is 0. The van der Waals surface area contributed by atoms with Crippen LogP contribution >= 0.6 is 0 Å². The van der Waals surface area contributed by atoms with Crippen molar-refractivity contribution in [2.75, 3.05) is 11.4 Å². The Morgan fingerprint density at radius 1 is 1.37 bits per heavy atom. The van der Waals surface area contributed by atoms with Gasteiger partial charge in [-0.2, -0.15) is 0 Å². The van der Waals surface area contributed by atoms with E-state index >= 15 is 0 Å². The first-order valence-electron chi connectivity index (χ1n) is 7.68. The van der Waals surface area contributed by atoms with Crippen molar-refractivity contribution < 1.29 is 0 Å². The maximum absolute atomic E-state index is 5.99. The molecule has 2 unspecified atom stereocenters. The van der Waals surface area contributed by atoms with Gasteiger partial charge in [0.1, 0.15) is 5.82 Å². The number of nitrogens with zero attached hydrogens (tertiary/aromatic N) is 2. The quantitative estimate of drug-likeness (QED) is 0.905. The van der Waals surface area contributed by atoms with E-state index in [0.717, 1.165) is 25.2 Å². The molecule has 0 amide bonds. The molecule has 1 aromatic rings. The lowest BCUT2D eigenvalue weighted by molar-refractivity contribution is 0.610. The van der Waals surface area contributed by atoms with E-state index < -0.39 is 0 Å². The Morgan fingerprint density at radius 2 is 2.21 bits per heavy atom. The second kappa shape index (κ2) is 6.90. The van der Waals surface area contributed by atoms with Crippen molar-refractivity contribution in [2.45, 2.75) is 64.5 Å². The predicted molar refractivity (Wildman–Crippen MR) is 81.5 cm³/mol. The van der Waals surface area contributed by atoms with Crippen LogP contribution in [0.3, 0.4) is 0 Å². The number of anilines is 1. The van der Waals surface area contributed by atoms with E-state index in [0.29, 0.717) is 6.04 Å². The van der Waals surface area contributed by atoms with Crippen molar-refractivity contribution in [3.63, 3.8) is 0 Å². The number of hydrogen-bond acceptors (Lipinski definition) is 3. The van der Waals surface area contributed by atoms with Crippen LogP contribution < -0.4 is 10.6 Å². The molecule has 1 aliphatic heterocycles. The zero-order chi connectivity index (χ0) is 13.7. The van der Waals surface area contributed by atoms with E-state index in [1.54, 1.807) is 0 Å². The molecule has 1 fully saturated rings. The van der Waals surface area contributed by atoms with Gasteiger partial charge in [-0.1, -0.05) is 25.8 Å². The molecule has 1 aliphatic rings. The summed E-state index contributed by atoms with van der Waals surface area (Å²) in [6, 6.07) is 5.22. The predicted octanol–water partition coefficient (Wildman–Crippen LogP) is 3.13. The number of nitrogens with two attached hydrogens (primary N) is 1. The first kappa shape index (κ1) is 14.3. The van der Waals surface area contributed by atoms with Crippen molar-refractivity contribution in [3.8, 4) is 0 Å². The highest BCUT2D eigenvalue weighted by Gasteiger charge is 2.18. The van der Waals surface area contributed by atoms with Gasteiger partial charge in [0.15, 0.2) is 0 Å². The standard InChI is InChI=1S/C16H27N3/c1-3-15(17)11-14-8-9-16(18-12-14)19-10-6-4-5-7-13(19)2/h8-9,12-13,15H,3-7,10-11,17H2,1-2H3. The smallest absolute Gasteiger partial charge is 0.128 e. The number of hydrogen-bond donors (Lipinski definition) is 1. The van der Waals surface area contributed by atoms with Gasteiger partial charge >= 0.3 is 0 Å². The molecule has 2 N–H and O–H groups in total. The Kier molecular flexibility index (Phi) is 5.20. The maximum atomic E-state index is 5.99. The SMILES string of the molecule is CCC(N)Cc1ccc(N2CCCCCC2C)nc1. The average molecular weight is 261 g/mol. The van der Waals surface area contributed by atoms with Gasteiger partial charge in [-0.05, 0) is 44.2 Å². The Morgan fingerprint density at radius 3 is 2.89 bits per heavy atom. The van der Waals surface area contributed by atoms with E-state index in [2.05, 4.69) is 35.9 Å². The number of rotatable bonds is 4. The topological polar surface area (TPSA) is 42.1 Å². The van der Waals surface area contributed by atoms with E-state index in [-0.39, 0.29) is 6.04 Å². The molecule has 0 aliphatic carbocycles. The maximum Gasteiger partial charge on any atom is 0.128 e. The highest BCUT2D eigenvalue weighted by atomic mass is 15.2. The van der Waals surface area contributed by atoms with Crippen molar-refractivity contribution in [2.24, 2.45) is 5.73 Å². The zero-order valence-corrected chi connectivity index (χ0v) is 12.3. The van der Waals surface area contributed by atoms with Crippen LogP contribution in [0.25, 0.3) is 0 Å². The van der Waals surface area contributed by atoms with Crippen LogP contribution in [0.4, 0.5) is 5.82 Å². The summed E-state index contributed by atoms with van der Waals surface area (Å²) < 4.78 is 0. The molecule has 1 saturated heterocycles. The normalized spacial score (nSPS) is 22.1. The summed E-state index contributed by atoms with van der Waals surface area (Å²) in [6.07, 6.45) is 9.22. The van der Waals surface area contributed by atoms with Crippen LogP contribution in [0.1, 0.15) is 51.5 Å². The Balaban J connectivity index is 2.04. The molecular formula is C16H27N3. The Labute approximate surface area is 117 Å². The third kappa shape index (κ3) is 3.93. The lowest BCUT2D eigenvalue weighted by atomic mass is 10.1. The highest BCUT2D eigenvalue weighted by Crippen LogP contribution is 2.22. The van der Waals surface area contributed by atoms with Gasteiger partial charge in [-0.25, -0.2) is 4.98 Å². The average Bonchev–Trinajstić information content (AvgIpc) is 2.64. The number of aromatic nitrogens is 1. The van der Waals surface area contributed by atoms with E-state index in [1.807, 2.05) is 6.20 Å². The molecule has 2 atom stereocenters. The molecule has 19 heavy (non-hydrogen) atoms. The summed E-state index contributed by atoms with van der Waals surface area (Å²) in [5.74, 6) is 1.13. The van der Waals surface area contributed by atoms with Crippen LogP contribution in [0.2, 0.25) is 0 Å². The minimum Gasteiger partial charge on any atom is -0.354 e. The molecule has 106 valence electrons. The van der Waals surface area contributed by atoms with Gasteiger partial charge in [0.25, 0.3) is 0 Å². The fraction of sp³-hybridized carbons (Fsp3) is 0.688. The second-order valence-corrected chi connectivity index (χ2v) is 5.79. The van der Waals surface area contributed by atoms with Gasteiger partial charge in [0.2, 0.25) is 0 Å². The Bertz CT molecular complexity index is 374. The van der Waals surface area contributed by atoms with E-state index in [9.17, 15) is 0 Å². The summed E-state index contributed by atoms with van der Waals surface area (Å²) in [5.41, 5.74) is 7.24. The fourth-order valence-electron chi connectivity index (χ4n) is 2.77. The van der Waals surface area contributed by atoms with Crippen LogP contribution in [-0.4, -0.2) is 23.6 Å². The monoisotopic (exact) mass is 261 g/mol. The minimum absolute atomic E-state index is 0.254. The van der Waals surface area contributed by atoms with Gasteiger partial charge < -0.3 is 10.6 Å². The van der Waals surface area contributed by atoms with Crippen LogP contribution in [-0.2, 0) is 6.42 Å². The lowest BCUT2D eigenvalue weighted by Crippen LogP contribution is -2.33. The van der Waals surface area contributed by atoms with Gasteiger partial charge in [-0.3, -0.25) is 0 Å². The van der Waals surface area contributed by atoms with Gasteiger partial charge in [0.05, 0.1) is 0 Å². The summed E-state index contributed by atoms with van der Waals surface area (Å²) in [4.78, 5) is 7.11. The Hall–Kier alpha value is -1.09. The molecule has 2 rings (SSSR count). The van der Waals surface area contributed by atoms with E-state index in [4.69, 9.17) is 5.73 Å². The molecule has 0 bridgehead atoms. The zero-order valence-electron chi connectivity index (χ0n) is 12.3. The van der Waals surface area contributed by atoms with Gasteiger partial charge in [-0.15, -0.1) is 0 Å². The number of pyridine rings is 1. The largest absolute Gasteiger partial charge is 0.354 e. The van der Waals surface area contributed by atoms with Crippen molar-refractivity contribution in [1.82, 2.24) is 4.98 Å². The highest BCUT2D eigenvalue weighted by molar-refractivity contribution is 5.40. The van der Waals surface area contributed by atoms with Crippen molar-refractivity contribution in [1.29, 1.82) is 0 Å². The molecule has 2 heterocycles. The van der Waals surface area contributed by atoms with Crippen molar-refractivity contribution in [3.05, 3.63) is 23.9 Å². The molecular weight excluding hydrogens is 234 g/mol. The second-order valence-electron chi connectivity index (χ2n) is 5.79. The van der Waals surface area contributed by atoms with Crippen LogP contribution in [0, 0.1) is 0 Å². The van der Waals surface area contributed by atoms with Crippen LogP contribution in [0.5, 0.6) is 0 Å². The molecule has 0 saturated carbocycles. The first-order chi connectivity index (χ1) is 9.20. The third-order valence-corrected chi connectivity index (χ3v) is 4.18.